The Bertz CT molecular complexity index is 915. The van der Waals surface area contributed by atoms with Crippen molar-refractivity contribution in [2.24, 2.45) is 23.7 Å². The quantitative estimate of drug-likeness (QED) is 0.0966. The predicted octanol–water partition coefficient (Wildman–Crippen LogP) is 7.83. The number of methoxy groups -OCH3 is 1. The first kappa shape index (κ1) is 36.1. The molecule has 8 heteroatoms. The summed E-state index contributed by atoms with van der Waals surface area (Å²) in [6, 6.07) is 0. The van der Waals surface area contributed by atoms with Crippen LogP contribution in [0.15, 0.2) is 24.3 Å². The highest BCUT2D eigenvalue weighted by Crippen LogP contribution is 2.42. The molecule has 0 radical (unpaired) electrons. The fourth-order valence-corrected chi connectivity index (χ4v) is 7.69. The molecular weight excluding hydrogens is 572 g/mol. The molecule has 45 heavy (non-hydrogen) atoms. The van der Waals surface area contributed by atoms with E-state index < -0.39 is 0 Å². The van der Waals surface area contributed by atoms with Crippen LogP contribution in [-0.2, 0) is 38.0 Å². The number of allylic oxidation sites excluding steroid dienone is 2. The van der Waals surface area contributed by atoms with Crippen molar-refractivity contribution in [3.8, 4) is 0 Å². The third kappa shape index (κ3) is 12.4. The van der Waals surface area contributed by atoms with Gasteiger partial charge in [0.15, 0.2) is 12.6 Å². The van der Waals surface area contributed by atoms with Crippen molar-refractivity contribution < 1.29 is 38.0 Å². The molecule has 8 nitrogen and oxygen atoms in total. The van der Waals surface area contributed by atoms with Gasteiger partial charge in [-0.3, -0.25) is 9.59 Å². The van der Waals surface area contributed by atoms with Gasteiger partial charge in [0.05, 0.1) is 19.3 Å². The van der Waals surface area contributed by atoms with E-state index in [0.717, 1.165) is 83.3 Å². The van der Waals surface area contributed by atoms with Crippen LogP contribution in [0.4, 0.5) is 0 Å². The average molecular weight is 633 g/mol. The maximum Gasteiger partial charge on any atom is 0.305 e. The number of rotatable bonds is 16. The van der Waals surface area contributed by atoms with Crippen LogP contribution < -0.4 is 0 Å². The number of unbranched alkanes of at least 4 members (excludes halogenated alkanes) is 1. The Morgan fingerprint density at radius 1 is 0.889 bits per heavy atom. The van der Waals surface area contributed by atoms with Gasteiger partial charge in [-0.15, -0.1) is 0 Å². The number of carbonyl (C=O) groups excluding carboxylic acids is 2. The van der Waals surface area contributed by atoms with E-state index in [1.165, 1.54) is 46.1 Å². The van der Waals surface area contributed by atoms with E-state index in [4.69, 9.17) is 28.4 Å². The van der Waals surface area contributed by atoms with E-state index in [9.17, 15) is 9.59 Å². The molecule has 0 bridgehead atoms. The highest BCUT2D eigenvalue weighted by molar-refractivity contribution is 5.69. The van der Waals surface area contributed by atoms with Gasteiger partial charge >= 0.3 is 11.9 Å². The molecule has 2 saturated carbocycles. The predicted molar refractivity (Wildman–Crippen MR) is 173 cm³/mol. The summed E-state index contributed by atoms with van der Waals surface area (Å²) in [5.41, 5.74) is 0. The van der Waals surface area contributed by atoms with Gasteiger partial charge in [0.1, 0.15) is 6.10 Å². The average Bonchev–Trinajstić information content (AvgIpc) is 3.36. The third-order valence-corrected chi connectivity index (χ3v) is 10.2. The van der Waals surface area contributed by atoms with Gasteiger partial charge in [-0.05, 0) is 76.0 Å². The summed E-state index contributed by atoms with van der Waals surface area (Å²) < 4.78 is 36.1. The van der Waals surface area contributed by atoms with Crippen LogP contribution in [0.3, 0.4) is 0 Å². The molecule has 0 aromatic rings. The lowest BCUT2D eigenvalue weighted by Gasteiger charge is -2.33. The Balaban J connectivity index is 1.52. The first-order valence-corrected chi connectivity index (χ1v) is 18.0. The van der Waals surface area contributed by atoms with Crippen molar-refractivity contribution >= 4 is 11.9 Å². The maximum absolute atomic E-state index is 12.2. The molecule has 2 aliphatic heterocycles. The van der Waals surface area contributed by atoms with Crippen LogP contribution in [0.5, 0.6) is 0 Å². The number of hydrogen-bond acceptors (Lipinski definition) is 8. The molecule has 0 aromatic carbocycles. The second-order valence-corrected chi connectivity index (χ2v) is 13.8. The molecule has 0 N–H and O–H groups in total. The van der Waals surface area contributed by atoms with Gasteiger partial charge in [0, 0.05) is 44.8 Å². The highest BCUT2D eigenvalue weighted by Gasteiger charge is 2.45. The van der Waals surface area contributed by atoms with E-state index in [1.807, 2.05) is 0 Å². The molecule has 0 spiro atoms. The van der Waals surface area contributed by atoms with Crippen molar-refractivity contribution in [2.75, 3.05) is 20.3 Å². The maximum atomic E-state index is 12.2. The fraction of sp³-hybridized carbons (Fsp3) is 0.838. The topological polar surface area (TPSA) is 89.5 Å². The minimum absolute atomic E-state index is 0.0415. The summed E-state index contributed by atoms with van der Waals surface area (Å²) in [6.07, 6.45) is 25.5. The zero-order valence-corrected chi connectivity index (χ0v) is 28.2. The molecule has 4 aliphatic rings. The van der Waals surface area contributed by atoms with Gasteiger partial charge < -0.3 is 28.4 Å². The molecule has 2 saturated heterocycles. The van der Waals surface area contributed by atoms with E-state index in [1.54, 1.807) is 0 Å². The molecular formula is C37H60O8. The number of ether oxygens (including phenoxy) is 6. The molecule has 8 atom stereocenters. The van der Waals surface area contributed by atoms with Crippen LogP contribution in [0.25, 0.3) is 0 Å². The lowest BCUT2D eigenvalue weighted by Crippen LogP contribution is -2.33. The van der Waals surface area contributed by atoms with Gasteiger partial charge in [-0.2, -0.15) is 0 Å². The van der Waals surface area contributed by atoms with Gasteiger partial charge in [-0.25, -0.2) is 0 Å². The second-order valence-electron chi connectivity index (χ2n) is 13.8. The summed E-state index contributed by atoms with van der Waals surface area (Å²) in [7, 11) is 1.42. The van der Waals surface area contributed by atoms with Crippen LogP contribution in [0, 0.1) is 23.7 Å². The zero-order chi connectivity index (χ0) is 31.9. The fourth-order valence-electron chi connectivity index (χ4n) is 7.69. The molecule has 2 heterocycles. The third-order valence-electron chi connectivity index (χ3n) is 10.2. The van der Waals surface area contributed by atoms with Crippen LogP contribution in [0.1, 0.15) is 123 Å². The number of carbonyl (C=O) groups is 2. The molecule has 256 valence electrons. The Hall–Kier alpha value is -1.74. The molecule has 2 aliphatic carbocycles. The molecule has 0 aromatic heterocycles. The number of hydrogen-bond donors (Lipinski definition) is 0. The molecule has 3 unspecified atom stereocenters. The molecule has 0 amide bonds. The van der Waals surface area contributed by atoms with Crippen molar-refractivity contribution in [1.29, 1.82) is 0 Å². The van der Waals surface area contributed by atoms with Crippen LogP contribution >= 0.6 is 0 Å². The SMILES string of the molecule is COC(=O)CCC/C=C\C[C@@H]1[C@@H](/C=C/[C@@H](OC2CCCCO2)C(C)CC2CCCCC2)[C@H](OC2CCCCO2)C[C@@H]1OC(C)=O. The zero-order valence-electron chi connectivity index (χ0n) is 28.2. The highest BCUT2D eigenvalue weighted by atomic mass is 16.7. The molecule has 4 fully saturated rings. The van der Waals surface area contributed by atoms with Crippen molar-refractivity contribution in [1.82, 2.24) is 0 Å². The van der Waals surface area contributed by atoms with Crippen LogP contribution in [0.2, 0.25) is 0 Å². The summed E-state index contributed by atoms with van der Waals surface area (Å²) in [4.78, 5) is 23.7. The summed E-state index contributed by atoms with van der Waals surface area (Å²) in [6.45, 7) is 5.31. The minimum Gasteiger partial charge on any atom is -0.469 e. The van der Waals surface area contributed by atoms with E-state index in [2.05, 4.69) is 31.2 Å². The Morgan fingerprint density at radius 3 is 2.27 bits per heavy atom. The van der Waals surface area contributed by atoms with E-state index >= 15 is 0 Å². The van der Waals surface area contributed by atoms with Crippen LogP contribution in [-0.4, -0.2) is 63.2 Å². The van der Waals surface area contributed by atoms with Gasteiger partial charge in [0.25, 0.3) is 0 Å². The van der Waals surface area contributed by atoms with E-state index in [-0.39, 0.29) is 54.7 Å². The lowest BCUT2D eigenvalue weighted by molar-refractivity contribution is -0.193. The van der Waals surface area contributed by atoms with E-state index in [0.29, 0.717) is 18.8 Å². The van der Waals surface area contributed by atoms with Gasteiger partial charge in [-0.1, -0.05) is 63.3 Å². The smallest absolute Gasteiger partial charge is 0.305 e. The van der Waals surface area contributed by atoms with Crippen molar-refractivity contribution in [3.63, 3.8) is 0 Å². The Labute approximate surface area is 271 Å². The minimum atomic E-state index is -0.263. The van der Waals surface area contributed by atoms with Crippen molar-refractivity contribution in [3.05, 3.63) is 24.3 Å². The Kier molecular flexibility index (Phi) is 15.9. The standard InChI is InChI=1S/C37H60O8/c1-27(25-29-15-7-6-8-16-29)32(44-36-19-11-13-23-41-36)22-21-31-30(17-9-4-5-10-18-35(39)40-3)33(43-28(2)38)26-34(31)45-37-20-12-14-24-42-37/h4,9,21-22,27,29-34,36-37H,5-8,10-20,23-26H2,1-3H3/b9-4-,22-21+/t27?,30-,31-,32-,33+,34-,36?,37?/m1/s1. The first-order chi connectivity index (χ1) is 21.9. The second kappa shape index (κ2) is 19.8. The summed E-state index contributed by atoms with van der Waals surface area (Å²) in [5, 5.41) is 0. The largest absolute Gasteiger partial charge is 0.469 e. The Morgan fingerprint density at radius 2 is 1.60 bits per heavy atom. The number of esters is 2. The normalized spacial score (nSPS) is 31.3. The first-order valence-electron chi connectivity index (χ1n) is 18.0. The van der Waals surface area contributed by atoms with Crippen molar-refractivity contribution in [2.45, 2.75) is 154 Å². The van der Waals surface area contributed by atoms with Gasteiger partial charge in [0.2, 0.25) is 0 Å². The monoisotopic (exact) mass is 632 g/mol. The lowest BCUT2D eigenvalue weighted by atomic mass is 9.81. The summed E-state index contributed by atoms with van der Waals surface area (Å²) >= 11 is 0. The molecule has 4 rings (SSSR count). The summed E-state index contributed by atoms with van der Waals surface area (Å²) in [5.74, 6) is 0.792.